The van der Waals surface area contributed by atoms with Gasteiger partial charge in [0, 0.05) is 31.1 Å². The Morgan fingerprint density at radius 1 is 1.28 bits per heavy atom. The third-order valence-corrected chi connectivity index (χ3v) is 5.37. The van der Waals surface area contributed by atoms with Gasteiger partial charge in [0.2, 0.25) is 0 Å². The normalized spacial score (nSPS) is 11.4. The maximum atomic E-state index is 12.8. The Morgan fingerprint density at radius 3 is 2.72 bits per heavy atom. The smallest absolute Gasteiger partial charge is 0.350 e. The van der Waals surface area contributed by atoms with Gasteiger partial charge in [0.05, 0.1) is 12.2 Å². The number of aromatic nitrogens is 5. The molecule has 0 amide bonds. The molecule has 6 N–H and O–H groups in total. The van der Waals surface area contributed by atoms with E-state index in [4.69, 9.17) is 20.6 Å². The third-order valence-electron chi connectivity index (χ3n) is 5.37. The van der Waals surface area contributed by atoms with Crippen LogP contribution in [0.1, 0.15) is 35.5 Å². The predicted molar refractivity (Wildman–Crippen MR) is 143 cm³/mol. The largest absolute Gasteiger partial charge is 0.491 e. The minimum atomic E-state index is -0.771. The highest BCUT2D eigenvalue weighted by Gasteiger charge is 2.23. The molecule has 1 atom stereocenters. The average molecular weight is 531 g/mol. The van der Waals surface area contributed by atoms with E-state index in [1.54, 1.807) is 30.3 Å². The summed E-state index contributed by atoms with van der Waals surface area (Å²) in [6.07, 6.45) is 4.61. The lowest BCUT2D eigenvalue weighted by atomic mass is 10.0. The first-order chi connectivity index (χ1) is 18.8. The number of hydrogen-bond donors (Lipinski definition) is 5. The van der Waals surface area contributed by atoms with Gasteiger partial charge in [0.1, 0.15) is 30.0 Å². The van der Waals surface area contributed by atoms with Crippen molar-refractivity contribution in [3.05, 3.63) is 94.4 Å². The molecule has 39 heavy (non-hydrogen) atoms. The quantitative estimate of drug-likeness (QED) is 0.0825. The fourth-order valence-electron chi connectivity index (χ4n) is 3.73. The number of nitrogens with one attached hydrogen (secondary N) is 3. The Morgan fingerprint density at radius 2 is 2.05 bits per heavy atom. The van der Waals surface area contributed by atoms with Crippen LogP contribution >= 0.6 is 0 Å². The summed E-state index contributed by atoms with van der Waals surface area (Å²) in [5.74, 6) is -0.0117. The summed E-state index contributed by atoms with van der Waals surface area (Å²) >= 11 is 0. The van der Waals surface area contributed by atoms with Gasteiger partial charge in [-0.25, -0.2) is 14.8 Å². The molecule has 0 aliphatic carbocycles. The Labute approximate surface area is 222 Å². The first kappa shape index (κ1) is 26.8. The molecule has 0 aliphatic heterocycles. The summed E-state index contributed by atoms with van der Waals surface area (Å²) in [7, 11) is 0. The van der Waals surface area contributed by atoms with E-state index in [1.807, 2.05) is 6.07 Å². The molecular formula is C26H26N8O5. The van der Waals surface area contributed by atoms with Crippen molar-refractivity contribution in [1.29, 1.82) is 5.41 Å². The van der Waals surface area contributed by atoms with E-state index in [9.17, 15) is 14.7 Å². The second-order valence-corrected chi connectivity index (χ2v) is 8.18. The number of nitrogens with two attached hydrogens (primary N) is 1. The highest BCUT2D eigenvalue weighted by Crippen LogP contribution is 2.31. The van der Waals surface area contributed by atoms with Crippen LogP contribution in [0, 0.1) is 5.41 Å². The molecule has 2 aromatic carbocycles. The van der Waals surface area contributed by atoms with Crippen LogP contribution in [0.2, 0.25) is 0 Å². The summed E-state index contributed by atoms with van der Waals surface area (Å²) in [6, 6.07) is 10.8. The van der Waals surface area contributed by atoms with Crippen LogP contribution in [0.5, 0.6) is 11.5 Å². The molecule has 13 nitrogen and oxygen atoms in total. The molecule has 4 aromatic rings. The lowest BCUT2D eigenvalue weighted by Gasteiger charge is -2.21. The molecular weight excluding hydrogens is 504 g/mol. The van der Waals surface area contributed by atoms with Gasteiger partial charge in [0.15, 0.2) is 5.82 Å². The predicted octanol–water partition coefficient (Wildman–Crippen LogP) is 1.78. The number of esters is 1. The molecule has 0 spiro atoms. The zero-order valence-electron chi connectivity index (χ0n) is 20.9. The van der Waals surface area contributed by atoms with Crippen LogP contribution in [0.25, 0.3) is 12.0 Å². The van der Waals surface area contributed by atoms with E-state index in [0.29, 0.717) is 22.6 Å². The number of nitrogens with zero attached hydrogens (tertiary/aromatic N) is 4. The second-order valence-electron chi connectivity index (χ2n) is 8.18. The zero-order chi connectivity index (χ0) is 27.9. The number of anilines is 1. The summed E-state index contributed by atoms with van der Waals surface area (Å²) in [4.78, 5) is 35.4. The highest BCUT2D eigenvalue weighted by atomic mass is 16.5. The number of carbonyl (C=O) groups is 1. The number of amidine groups is 1. The lowest BCUT2D eigenvalue weighted by molar-refractivity contribution is -0.131. The van der Waals surface area contributed by atoms with Crippen LogP contribution in [-0.2, 0) is 4.79 Å². The molecule has 2 aromatic heterocycles. The molecule has 13 heteroatoms. The van der Waals surface area contributed by atoms with Crippen LogP contribution in [0.4, 0.5) is 5.69 Å². The monoisotopic (exact) mass is 530 g/mol. The van der Waals surface area contributed by atoms with E-state index in [1.165, 1.54) is 31.5 Å². The van der Waals surface area contributed by atoms with Gasteiger partial charge >= 0.3 is 11.7 Å². The number of aliphatic hydroxyl groups is 1. The van der Waals surface area contributed by atoms with E-state index >= 15 is 0 Å². The number of hydrogen-bond acceptors (Lipinski definition) is 10. The Kier molecular flexibility index (Phi) is 8.12. The first-order valence-electron chi connectivity index (χ1n) is 11.7. The maximum absolute atomic E-state index is 12.8. The molecule has 0 saturated heterocycles. The van der Waals surface area contributed by atoms with Crippen LogP contribution in [-0.4, -0.2) is 54.9 Å². The van der Waals surface area contributed by atoms with Crippen LogP contribution in [0.3, 0.4) is 0 Å². The minimum Gasteiger partial charge on any atom is -0.491 e. The number of rotatable bonds is 11. The third kappa shape index (κ3) is 6.34. The van der Waals surface area contributed by atoms with Crippen LogP contribution in [0.15, 0.2) is 66.2 Å². The summed E-state index contributed by atoms with van der Waals surface area (Å²) < 4.78 is 11.9. The topological polar surface area (TPSA) is 194 Å². The van der Waals surface area contributed by atoms with Crippen molar-refractivity contribution in [3.8, 4) is 17.4 Å². The zero-order valence-corrected chi connectivity index (χ0v) is 20.9. The van der Waals surface area contributed by atoms with Crippen molar-refractivity contribution >= 4 is 23.6 Å². The fourth-order valence-corrected chi connectivity index (χ4v) is 3.73. The van der Waals surface area contributed by atoms with Crippen molar-refractivity contribution in [2.75, 3.05) is 18.5 Å². The van der Waals surface area contributed by atoms with E-state index in [0.717, 1.165) is 4.68 Å². The molecule has 0 aliphatic rings. The number of carbonyl (C=O) groups excluding carboxylic acids is 1. The number of benzene rings is 2. The van der Waals surface area contributed by atoms with E-state index in [-0.39, 0.29) is 42.1 Å². The molecule has 2 heterocycles. The molecule has 200 valence electrons. The molecule has 0 bridgehead atoms. The van der Waals surface area contributed by atoms with Crippen molar-refractivity contribution in [2.24, 2.45) is 5.73 Å². The van der Waals surface area contributed by atoms with Gasteiger partial charge in [0.25, 0.3) is 5.95 Å². The Bertz CT molecular complexity index is 1560. The van der Waals surface area contributed by atoms with Crippen molar-refractivity contribution < 1.29 is 19.4 Å². The first-order valence-corrected chi connectivity index (χ1v) is 11.7. The number of H-pyrrole nitrogens is 1. The fraction of sp³-hybridized carbons (Fsp3) is 0.154. The van der Waals surface area contributed by atoms with E-state index < -0.39 is 17.7 Å². The van der Waals surface area contributed by atoms with Gasteiger partial charge in [-0.2, -0.15) is 0 Å². The van der Waals surface area contributed by atoms with Crippen LogP contribution < -0.4 is 26.2 Å². The second kappa shape index (κ2) is 11.8. The number of aliphatic hydroxyl groups excluding tert-OH is 1. The van der Waals surface area contributed by atoms with Gasteiger partial charge in [-0.05, 0) is 47.5 Å². The molecule has 0 saturated carbocycles. The van der Waals surface area contributed by atoms with Crippen molar-refractivity contribution in [2.45, 2.75) is 13.0 Å². The Hall–Kier alpha value is -5.30. The van der Waals surface area contributed by atoms with Gasteiger partial charge in [-0.15, -0.1) is 9.78 Å². The highest BCUT2D eigenvalue weighted by molar-refractivity contribution is 5.98. The summed E-state index contributed by atoms with van der Waals surface area (Å²) in [6.45, 7) is 4.98. The average Bonchev–Trinajstić information content (AvgIpc) is 3.31. The SMILES string of the molecule is C=Cc1cc(OCCO)cc([C@H](Nc2ccc(C(=N)N)c(OC(C)=O)c2)c2nn(-c3ncccn3)c(=O)[nH]2)c1. The maximum Gasteiger partial charge on any atom is 0.350 e. The minimum absolute atomic E-state index is 0.0766. The Balaban J connectivity index is 1.84. The molecule has 0 unspecified atom stereocenters. The number of aromatic amines is 1. The number of nitrogen functional groups attached to an aromatic ring is 1. The van der Waals surface area contributed by atoms with Gasteiger partial charge in [-0.1, -0.05) is 12.7 Å². The standard InChI is InChI=1S/C26H26N8O5/c1-3-16-11-17(13-19(12-16)38-10-9-35)22(24-32-26(37)34(33-24)25-29-7-4-8-30-25)31-18-5-6-20(23(27)28)21(14-18)39-15(2)36/h3-8,11-14,22,31,35H,1,9-10H2,2H3,(H3,27,28)(H,32,33,37)/t22-/m0/s1. The summed E-state index contributed by atoms with van der Waals surface area (Å²) in [5, 5.41) is 24.7. The van der Waals surface area contributed by atoms with Gasteiger partial charge in [-0.3, -0.25) is 15.2 Å². The molecule has 0 radical (unpaired) electrons. The van der Waals surface area contributed by atoms with Gasteiger partial charge < -0.3 is 25.6 Å². The lowest BCUT2D eigenvalue weighted by Crippen LogP contribution is -2.18. The summed E-state index contributed by atoms with van der Waals surface area (Å²) in [5.41, 5.74) is 7.13. The molecule has 0 fully saturated rings. The number of ether oxygens (including phenoxy) is 2. The van der Waals surface area contributed by atoms with Crippen molar-refractivity contribution in [3.63, 3.8) is 0 Å². The van der Waals surface area contributed by atoms with E-state index in [2.05, 4.69) is 31.9 Å². The van der Waals surface area contributed by atoms with Crippen molar-refractivity contribution in [1.82, 2.24) is 24.7 Å². The molecule has 4 rings (SSSR count).